The first kappa shape index (κ1) is 16.4. The Bertz CT molecular complexity index is 490. The Balaban J connectivity index is 1.73. The van der Waals surface area contributed by atoms with Crippen LogP contribution in [0.4, 0.5) is 0 Å². The maximum Gasteiger partial charge on any atom is 0.223 e. The molecule has 0 radical (unpaired) electrons. The zero-order valence-corrected chi connectivity index (χ0v) is 13.2. The SMILES string of the molecule is O=C(NC[C@H](O)COc1cccc(Cl)c1Cl)C1CCCC1. The van der Waals surface area contributed by atoms with E-state index in [-0.39, 0.29) is 25.0 Å². The van der Waals surface area contributed by atoms with Gasteiger partial charge in [-0.15, -0.1) is 0 Å². The standard InChI is InChI=1S/C15H19Cl2NO3/c16-12-6-3-7-13(14(12)17)21-9-11(19)8-18-15(20)10-4-1-2-5-10/h3,6-7,10-11,19H,1-2,4-5,8-9H2,(H,18,20)/t11-/m0/s1. The number of rotatable bonds is 6. The maximum atomic E-state index is 11.8. The molecule has 6 heteroatoms. The van der Waals surface area contributed by atoms with E-state index in [1.54, 1.807) is 18.2 Å². The van der Waals surface area contributed by atoms with Crippen LogP contribution >= 0.6 is 23.2 Å². The van der Waals surface area contributed by atoms with E-state index in [2.05, 4.69) is 5.32 Å². The normalized spacial score (nSPS) is 16.7. The van der Waals surface area contributed by atoms with E-state index in [0.717, 1.165) is 25.7 Å². The molecule has 2 N–H and O–H groups in total. The van der Waals surface area contributed by atoms with Crippen molar-refractivity contribution in [2.24, 2.45) is 5.92 Å². The number of carbonyl (C=O) groups excluding carboxylic acids is 1. The molecule has 0 aromatic heterocycles. The van der Waals surface area contributed by atoms with E-state index >= 15 is 0 Å². The van der Waals surface area contributed by atoms with Crippen LogP contribution in [-0.2, 0) is 4.79 Å². The van der Waals surface area contributed by atoms with Gasteiger partial charge in [-0.25, -0.2) is 0 Å². The summed E-state index contributed by atoms with van der Waals surface area (Å²) in [5.74, 6) is 0.540. The Kier molecular flexibility index (Phi) is 6.15. The summed E-state index contributed by atoms with van der Waals surface area (Å²) in [4.78, 5) is 11.8. The Morgan fingerprint density at radius 2 is 2.10 bits per heavy atom. The minimum Gasteiger partial charge on any atom is -0.489 e. The zero-order chi connectivity index (χ0) is 15.2. The van der Waals surface area contributed by atoms with Crippen molar-refractivity contribution in [2.45, 2.75) is 31.8 Å². The van der Waals surface area contributed by atoms with Crippen LogP contribution in [-0.4, -0.2) is 30.3 Å². The highest BCUT2D eigenvalue weighted by atomic mass is 35.5. The van der Waals surface area contributed by atoms with Gasteiger partial charge >= 0.3 is 0 Å². The van der Waals surface area contributed by atoms with Gasteiger partial charge in [-0.2, -0.15) is 0 Å². The van der Waals surface area contributed by atoms with Gasteiger partial charge in [0, 0.05) is 12.5 Å². The minimum atomic E-state index is -0.787. The lowest BCUT2D eigenvalue weighted by Crippen LogP contribution is -2.37. The molecule has 1 aliphatic carbocycles. The van der Waals surface area contributed by atoms with Crippen molar-refractivity contribution in [3.63, 3.8) is 0 Å². The molecule has 1 amide bonds. The lowest BCUT2D eigenvalue weighted by atomic mass is 10.1. The minimum absolute atomic E-state index is 0.0207. The van der Waals surface area contributed by atoms with Crippen LogP contribution in [0.2, 0.25) is 10.0 Å². The number of hydrogen-bond donors (Lipinski definition) is 2. The Labute approximate surface area is 134 Å². The molecule has 1 aliphatic rings. The summed E-state index contributed by atoms with van der Waals surface area (Å²) in [6.45, 7) is 0.221. The van der Waals surface area contributed by atoms with Crippen LogP contribution in [0.15, 0.2) is 18.2 Å². The molecular weight excluding hydrogens is 313 g/mol. The summed E-state index contributed by atoms with van der Waals surface area (Å²) in [6.07, 6.45) is 3.31. The van der Waals surface area contributed by atoms with Crippen LogP contribution in [0.1, 0.15) is 25.7 Å². The van der Waals surface area contributed by atoms with E-state index in [1.807, 2.05) is 0 Å². The van der Waals surface area contributed by atoms with Crippen molar-refractivity contribution in [1.29, 1.82) is 0 Å². The number of hydrogen-bond acceptors (Lipinski definition) is 3. The molecule has 1 atom stereocenters. The van der Waals surface area contributed by atoms with Crippen LogP contribution in [0.5, 0.6) is 5.75 Å². The highest BCUT2D eigenvalue weighted by molar-refractivity contribution is 6.42. The number of benzene rings is 1. The molecule has 1 saturated carbocycles. The van der Waals surface area contributed by atoms with Gasteiger partial charge in [0.1, 0.15) is 23.5 Å². The summed E-state index contributed by atoms with van der Waals surface area (Å²) >= 11 is 11.9. The molecule has 1 fully saturated rings. The van der Waals surface area contributed by atoms with Gasteiger partial charge in [0.2, 0.25) is 5.91 Å². The van der Waals surface area contributed by atoms with Crippen LogP contribution < -0.4 is 10.1 Å². The van der Waals surface area contributed by atoms with E-state index in [0.29, 0.717) is 15.8 Å². The predicted octanol–water partition coefficient (Wildman–Crippen LogP) is 3.04. The lowest BCUT2D eigenvalue weighted by molar-refractivity contribution is -0.125. The molecule has 0 bridgehead atoms. The Morgan fingerprint density at radius 1 is 1.38 bits per heavy atom. The monoisotopic (exact) mass is 331 g/mol. The fraction of sp³-hybridized carbons (Fsp3) is 0.533. The van der Waals surface area contributed by atoms with E-state index in [4.69, 9.17) is 27.9 Å². The summed E-state index contributed by atoms with van der Waals surface area (Å²) in [6, 6.07) is 5.06. The van der Waals surface area contributed by atoms with Gasteiger partial charge in [0.15, 0.2) is 0 Å². The van der Waals surface area contributed by atoms with Crippen LogP contribution in [0.25, 0.3) is 0 Å². The van der Waals surface area contributed by atoms with E-state index in [9.17, 15) is 9.90 Å². The van der Waals surface area contributed by atoms with Gasteiger partial charge < -0.3 is 15.2 Å². The van der Waals surface area contributed by atoms with Crippen molar-refractivity contribution in [3.8, 4) is 5.75 Å². The highest BCUT2D eigenvalue weighted by Gasteiger charge is 2.22. The van der Waals surface area contributed by atoms with Crippen LogP contribution in [0.3, 0.4) is 0 Å². The van der Waals surface area contributed by atoms with Crippen molar-refractivity contribution >= 4 is 29.1 Å². The molecule has 2 rings (SSSR count). The zero-order valence-electron chi connectivity index (χ0n) is 11.6. The molecule has 0 aliphatic heterocycles. The number of carbonyl (C=O) groups is 1. The Morgan fingerprint density at radius 3 is 2.81 bits per heavy atom. The average molecular weight is 332 g/mol. The van der Waals surface area contributed by atoms with Gasteiger partial charge in [-0.05, 0) is 25.0 Å². The van der Waals surface area contributed by atoms with Crippen molar-refractivity contribution in [1.82, 2.24) is 5.32 Å². The molecule has 0 spiro atoms. The smallest absolute Gasteiger partial charge is 0.223 e. The predicted molar refractivity (Wildman–Crippen MR) is 82.9 cm³/mol. The number of nitrogens with one attached hydrogen (secondary N) is 1. The number of aliphatic hydroxyl groups is 1. The second-order valence-electron chi connectivity index (χ2n) is 5.24. The molecule has 21 heavy (non-hydrogen) atoms. The van der Waals surface area contributed by atoms with Crippen molar-refractivity contribution in [2.75, 3.05) is 13.2 Å². The van der Waals surface area contributed by atoms with Crippen molar-refractivity contribution < 1.29 is 14.6 Å². The van der Waals surface area contributed by atoms with Gasteiger partial charge in [-0.3, -0.25) is 4.79 Å². The molecule has 1 aromatic carbocycles. The molecule has 4 nitrogen and oxygen atoms in total. The molecule has 0 saturated heterocycles. The first-order valence-corrected chi connectivity index (χ1v) is 7.86. The maximum absolute atomic E-state index is 11.8. The van der Waals surface area contributed by atoms with Gasteiger partial charge in [0.25, 0.3) is 0 Å². The third-order valence-electron chi connectivity index (χ3n) is 3.59. The fourth-order valence-electron chi connectivity index (χ4n) is 2.39. The van der Waals surface area contributed by atoms with Crippen molar-refractivity contribution in [3.05, 3.63) is 28.2 Å². The average Bonchev–Trinajstić information content (AvgIpc) is 3.00. The quantitative estimate of drug-likeness (QED) is 0.842. The summed E-state index contributed by atoms with van der Waals surface area (Å²) < 4.78 is 5.42. The summed E-state index contributed by atoms with van der Waals surface area (Å²) in [7, 11) is 0. The summed E-state index contributed by atoms with van der Waals surface area (Å²) in [5.41, 5.74) is 0. The largest absolute Gasteiger partial charge is 0.489 e. The summed E-state index contributed by atoms with van der Waals surface area (Å²) in [5, 5.41) is 13.3. The number of aliphatic hydroxyl groups excluding tert-OH is 1. The second-order valence-corrected chi connectivity index (χ2v) is 6.03. The van der Waals surface area contributed by atoms with Crippen LogP contribution in [0, 0.1) is 5.92 Å². The van der Waals surface area contributed by atoms with Gasteiger partial charge in [0.05, 0.1) is 5.02 Å². The lowest BCUT2D eigenvalue weighted by Gasteiger charge is -2.16. The Hall–Kier alpha value is -0.970. The fourth-order valence-corrected chi connectivity index (χ4v) is 2.74. The highest BCUT2D eigenvalue weighted by Crippen LogP contribution is 2.31. The molecule has 0 unspecified atom stereocenters. The first-order valence-electron chi connectivity index (χ1n) is 7.10. The number of ether oxygens (including phenoxy) is 1. The molecule has 116 valence electrons. The number of amides is 1. The first-order chi connectivity index (χ1) is 10.1. The van der Waals surface area contributed by atoms with E-state index in [1.165, 1.54) is 0 Å². The number of halogens is 2. The van der Waals surface area contributed by atoms with E-state index < -0.39 is 6.10 Å². The molecule has 1 aromatic rings. The molecule has 0 heterocycles. The third kappa shape index (κ3) is 4.77. The van der Waals surface area contributed by atoms with Gasteiger partial charge in [-0.1, -0.05) is 42.1 Å². The topological polar surface area (TPSA) is 58.6 Å². The third-order valence-corrected chi connectivity index (χ3v) is 4.39. The molecular formula is C15H19Cl2NO3. The second kappa shape index (κ2) is 7.87.